The molecule has 0 atom stereocenters. The lowest BCUT2D eigenvalue weighted by atomic mass is 10.2. The van der Waals surface area contributed by atoms with Gasteiger partial charge in [0.2, 0.25) is 0 Å². The summed E-state index contributed by atoms with van der Waals surface area (Å²) in [5.41, 5.74) is 6.30. The highest BCUT2D eigenvalue weighted by Gasteiger charge is 2.21. The van der Waals surface area contributed by atoms with Crippen LogP contribution in [0.1, 0.15) is 10.4 Å². The van der Waals surface area contributed by atoms with E-state index in [1.807, 2.05) is 35.2 Å². The van der Waals surface area contributed by atoms with Crippen LogP contribution in [0.4, 0.5) is 0 Å². The molecule has 6 heteroatoms. The molecule has 0 aromatic heterocycles. The lowest BCUT2D eigenvalue weighted by molar-refractivity contribution is 0.0641. The Bertz CT molecular complexity index is 367. The fourth-order valence-electron chi connectivity index (χ4n) is 2.12. The van der Waals surface area contributed by atoms with Gasteiger partial charge < -0.3 is 10.6 Å². The molecule has 1 amide bonds. The average Bonchev–Trinajstić information content (AvgIpc) is 2.40. The van der Waals surface area contributed by atoms with Crippen molar-refractivity contribution in [2.75, 3.05) is 39.3 Å². The van der Waals surface area contributed by atoms with Crippen molar-refractivity contribution in [2.45, 2.75) is 0 Å². The predicted molar refractivity (Wildman–Crippen MR) is 82.3 cm³/mol. The minimum absolute atomic E-state index is 0. The maximum absolute atomic E-state index is 12.1. The first-order valence-electron chi connectivity index (χ1n) is 6.08. The third kappa shape index (κ3) is 4.99. The van der Waals surface area contributed by atoms with Crippen LogP contribution in [0.3, 0.4) is 0 Å². The van der Waals surface area contributed by atoms with Crippen LogP contribution >= 0.6 is 24.8 Å². The Balaban J connectivity index is 0.00000162. The van der Waals surface area contributed by atoms with Crippen molar-refractivity contribution in [2.24, 2.45) is 5.73 Å². The molecule has 1 aliphatic heterocycles. The molecule has 108 valence electrons. The van der Waals surface area contributed by atoms with Gasteiger partial charge in [0.15, 0.2) is 0 Å². The van der Waals surface area contributed by atoms with Crippen LogP contribution in [0.15, 0.2) is 30.3 Å². The van der Waals surface area contributed by atoms with Crippen molar-refractivity contribution >= 4 is 30.7 Å². The minimum atomic E-state index is 0. The summed E-state index contributed by atoms with van der Waals surface area (Å²) in [6, 6.07) is 9.47. The number of amides is 1. The van der Waals surface area contributed by atoms with Gasteiger partial charge in [-0.05, 0) is 12.1 Å². The lowest BCUT2D eigenvalue weighted by Gasteiger charge is -2.34. The monoisotopic (exact) mass is 305 g/mol. The molecule has 0 aliphatic carbocycles. The van der Waals surface area contributed by atoms with Crippen LogP contribution in [0.5, 0.6) is 0 Å². The highest BCUT2D eigenvalue weighted by atomic mass is 35.5. The van der Waals surface area contributed by atoms with E-state index in [2.05, 4.69) is 4.90 Å². The van der Waals surface area contributed by atoms with Gasteiger partial charge in [-0.1, -0.05) is 18.2 Å². The molecule has 0 spiro atoms. The lowest BCUT2D eigenvalue weighted by Crippen LogP contribution is -2.49. The number of nitrogens with two attached hydrogens (primary N) is 1. The Labute approximate surface area is 126 Å². The Morgan fingerprint density at radius 2 is 1.63 bits per heavy atom. The summed E-state index contributed by atoms with van der Waals surface area (Å²) in [5, 5.41) is 0. The first kappa shape index (κ1) is 18.2. The summed E-state index contributed by atoms with van der Waals surface area (Å²) in [4.78, 5) is 16.4. The normalized spacial score (nSPS) is 15.3. The maximum Gasteiger partial charge on any atom is 0.253 e. The van der Waals surface area contributed by atoms with E-state index in [1.54, 1.807) is 0 Å². The summed E-state index contributed by atoms with van der Waals surface area (Å²) in [5.74, 6) is 0.137. The topological polar surface area (TPSA) is 49.6 Å². The third-order valence-corrected chi connectivity index (χ3v) is 3.13. The molecule has 0 bridgehead atoms. The number of carbonyl (C=O) groups is 1. The molecule has 19 heavy (non-hydrogen) atoms. The molecule has 1 fully saturated rings. The molecule has 0 unspecified atom stereocenters. The van der Waals surface area contributed by atoms with Crippen molar-refractivity contribution in [3.05, 3.63) is 35.9 Å². The van der Waals surface area contributed by atoms with Crippen LogP contribution in [0, 0.1) is 0 Å². The molecule has 1 saturated heterocycles. The fraction of sp³-hybridized carbons (Fsp3) is 0.462. The molecule has 0 radical (unpaired) electrons. The molecule has 1 aromatic carbocycles. The number of hydrogen-bond donors (Lipinski definition) is 1. The zero-order chi connectivity index (χ0) is 12.1. The first-order chi connectivity index (χ1) is 8.31. The van der Waals surface area contributed by atoms with E-state index in [4.69, 9.17) is 5.73 Å². The van der Waals surface area contributed by atoms with Gasteiger partial charge in [0.25, 0.3) is 5.91 Å². The van der Waals surface area contributed by atoms with Crippen molar-refractivity contribution in [3.8, 4) is 0 Å². The van der Waals surface area contributed by atoms with Gasteiger partial charge in [0.05, 0.1) is 0 Å². The number of nitrogens with zero attached hydrogens (tertiary/aromatic N) is 2. The van der Waals surface area contributed by atoms with Gasteiger partial charge in [-0.15, -0.1) is 24.8 Å². The number of carbonyl (C=O) groups excluding carboxylic acids is 1. The second kappa shape index (κ2) is 9.15. The van der Waals surface area contributed by atoms with Gasteiger partial charge in [0, 0.05) is 44.8 Å². The van der Waals surface area contributed by atoms with E-state index < -0.39 is 0 Å². The fourth-order valence-corrected chi connectivity index (χ4v) is 2.12. The van der Waals surface area contributed by atoms with Gasteiger partial charge >= 0.3 is 0 Å². The summed E-state index contributed by atoms with van der Waals surface area (Å²) < 4.78 is 0. The Morgan fingerprint density at radius 1 is 1.05 bits per heavy atom. The second-order valence-corrected chi connectivity index (χ2v) is 4.29. The number of piperazine rings is 1. The second-order valence-electron chi connectivity index (χ2n) is 4.29. The highest BCUT2D eigenvalue weighted by Crippen LogP contribution is 2.08. The third-order valence-electron chi connectivity index (χ3n) is 3.13. The van der Waals surface area contributed by atoms with Gasteiger partial charge in [-0.2, -0.15) is 0 Å². The van der Waals surface area contributed by atoms with E-state index in [1.165, 1.54) is 0 Å². The van der Waals surface area contributed by atoms with E-state index >= 15 is 0 Å². The molecular weight excluding hydrogens is 285 g/mol. The van der Waals surface area contributed by atoms with Crippen LogP contribution in [0.2, 0.25) is 0 Å². The van der Waals surface area contributed by atoms with Crippen molar-refractivity contribution in [3.63, 3.8) is 0 Å². The van der Waals surface area contributed by atoms with Gasteiger partial charge in [-0.3, -0.25) is 9.69 Å². The summed E-state index contributed by atoms with van der Waals surface area (Å²) in [6.07, 6.45) is 0. The van der Waals surface area contributed by atoms with E-state index in [0.29, 0.717) is 6.54 Å². The number of benzene rings is 1. The van der Waals surface area contributed by atoms with Crippen LogP contribution in [-0.2, 0) is 0 Å². The maximum atomic E-state index is 12.1. The van der Waals surface area contributed by atoms with Crippen molar-refractivity contribution < 1.29 is 4.79 Å². The summed E-state index contributed by atoms with van der Waals surface area (Å²) >= 11 is 0. The molecule has 1 aromatic rings. The van der Waals surface area contributed by atoms with Gasteiger partial charge in [0.1, 0.15) is 0 Å². The molecule has 1 heterocycles. The van der Waals surface area contributed by atoms with E-state index in [-0.39, 0.29) is 30.7 Å². The smallest absolute Gasteiger partial charge is 0.253 e. The molecule has 2 N–H and O–H groups in total. The van der Waals surface area contributed by atoms with E-state index in [9.17, 15) is 4.79 Å². The highest BCUT2D eigenvalue weighted by molar-refractivity contribution is 5.94. The summed E-state index contributed by atoms with van der Waals surface area (Å²) in [7, 11) is 0. The molecule has 4 nitrogen and oxygen atoms in total. The quantitative estimate of drug-likeness (QED) is 0.914. The standard InChI is InChI=1S/C13H19N3O.2ClH/c14-6-7-15-8-10-16(11-9-15)13(17)12-4-2-1-3-5-12;;/h1-5H,6-11,14H2;2*1H. The number of hydrogen-bond acceptors (Lipinski definition) is 3. The Kier molecular flexibility index (Phi) is 8.76. The predicted octanol–water partition coefficient (Wildman–Crippen LogP) is 1.25. The molecular formula is C13H21Cl2N3O. The largest absolute Gasteiger partial charge is 0.336 e. The zero-order valence-corrected chi connectivity index (χ0v) is 12.5. The van der Waals surface area contributed by atoms with Crippen LogP contribution in [0.25, 0.3) is 0 Å². The minimum Gasteiger partial charge on any atom is -0.336 e. The average molecular weight is 306 g/mol. The summed E-state index contributed by atoms with van der Waals surface area (Å²) in [6.45, 7) is 5.06. The van der Waals surface area contributed by atoms with Gasteiger partial charge in [-0.25, -0.2) is 0 Å². The Morgan fingerprint density at radius 3 is 2.16 bits per heavy atom. The van der Waals surface area contributed by atoms with Crippen LogP contribution < -0.4 is 5.73 Å². The van der Waals surface area contributed by atoms with Crippen molar-refractivity contribution in [1.29, 1.82) is 0 Å². The molecule has 1 aliphatic rings. The Hall–Kier alpha value is -0.810. The van der Waals surface area contributed by atoms with E-state index in [0.717, 1.165) is 38.3 Å². The SMILES string of the molecule is Cl.Cl.NCCN1CCN(C(=O)c2ccccc2)CC1. The number of rotatable bonds is 3. The van der Waals surface area contributed by atoms with Crippen LogP contribution in [-0.4, -0.2) is 55.0 Å². The molecule has 2 rings (SSSR count). The molecule has 0 saturated carbocycles. The number of halogens is 2. The van der Waals surface area contributed by atoms with Crippen molar-refractivity contribution in [1.82, 2.24) is 9.80 Å². The first-order valence-corrected chi connectivity index (χ1v) is 6.08. The zero-order valence-electron chi connectivity index (χ0n) is 10.8.